The summed E-state index contributed by atoms with van der Waals surface area (Å²) < 4.78 is 11.0. The topological polar surface area (TPSA) is 38.8 Å². The van der Waals surface area contributed by atoms with E-state index in [1.807, 2.05) is 12.1 Å². The first-order chi connectivity index (χ1) is 19.6. The third-order valence-electron chi connectivity index (χ3n) is 11.0. The molecule has 4 rings (SSSR count). The molecule has 0 saturated heterocycles. The van der Waals surface area contributed by atoms with Crippen LogP contribution in [0.2, 0.25) is 0 Å². The molecule has 0 bridgehead atoms. The molecule has 2 saturated carbocycles. The fourth-order valence-corrected chi connectivity index (χ4v) is 7.38. The number of amides is 1. The van der Waals surface area contributed by atoms with Gasteiger partial charge in [0.25, 0.3) is 0 Å². The molecule has 4 heteroatoms. The lowest BCUT2D eigenvalue weighted by atomic mass is 9.59. The first-order valence-corrected chi connectivity index (χ1v) is 16.2. The maximum atomic E-state index is 14.2. The number of carbonyl (C=O) groups excluding carboxylic acids is 1. The average molecular weight is 562 g/mol. The highest BCUT2D eigenvalue weighted by Crippen LogP contribution is 2.51. The summed E-state index contributed by atoms with van der Waals surface area (Å²) in [6.07, 6.45) is 10.8. The van der Waals surface area contributed by atoms with Gasteiger partial charge >= 0.3 is 0 Å². The van der Waals surface area contributed by atoms with Crippen molar-refractivity contribution in [3.63, 3.8) is 0 Å². The minimum absolute atomic E-state index is 0.0482. The smallest absolute Gasteiger partial charge is 0.225 e. The van der Waals surface area contributed by atoms with Crippen molar-refractivity contribution in [2.45, 2.75) is 104 Å². The molecule has 3 unspecified atom stereocenters. The van der Waals surface area contributed by atoms with E-state index in [9.17, 15) is 4.79 Å². The summed E-state index contributed by atoms with van der Waals surface area (Å²) in [7, 11) is 3.46. The van der Waals surface area contributed by atoms with Crippen LogP contribution in [0.1, 0.15) is 104 Å². The van der Waals surface area contributed by atoms with Gasteiger partial charge in [0, 0.05) is 19.0 Å². The lowest BCUT2D eigenvalue weighted by molar-refractivity contribution is -0.140. The van der Waals surface area contributed by atoms with Gasteiger partial charge in [-0.2, -0.15) is 0 Å². The van der Waals surface area contributed by atoms with Crippen LogP contribution in [0.3, 0.4) is 0 Å². The molecule has 41 heavy (non-hydrogen) atoms. The van der Waals surface area contributed by atoms with E-state index in [2.05, 4.69) is 75.9 Å². The van der Waals surface area contributed by atoms with E-state index in [-0.39, 0.29) is 16.7 Å². The zero-order chi connectivity index (χ0) is 29.6. The summed E-state index contributed by atoms with van der Waals surface area (Å²) >= 11 is 0. The van der Waals surface area contributed by atoms with Crippen LogP contribution < -0.4 is 9.47 Å². The molecule has 2 aliphatic rings. The zero-order valence-electron chi connectivity index (χ0n) is 26.9. The number of methoxy groups -OCH3 is 2. The molecule has 0 aliphatic heterocycles. The molecule has 4 nitrogen and oxygen atoms in total. The maximum absolute atomic E-state index is 14.2. The van der Waals surface area contributed by atoms with Gasteiger partial charge in [-0.05, 0) is 96.1 Å². The molecule has 2 aliphatic carbocycles. The maximum Gasteiger partial charge on any atom is 0.225 e. The molecule has 3 atom stereocenters. The van der Waals surface area contributed by atoms with Crippen LogP contribution in [0.15, 0.2) is 48.5 Å². The number of ether oxygens (including phenoxy) is 2. The number of benzene rings is 2. The molecular formula is C37H55NO3. The van der Waals surface area contributed by atoms with E-state index < -0.39 is 0 Å². The lowest BCUT2D eigenvalue weighted by Crippen LogP contribution is -2.47. The van der Waals surface area contributed by atoms with Gasteiger partial charge in [-0.3, -0.25) is 4.79 Å². The van der Waals surface area contributed by atoms with Gasteiger partial charge in [0.1, 0.15) is 11.5 Å². The highest BCUT2D eigenvalue weighted by molar-refractivity contribution is 5.79. The minimum Gasteiger partial charge on any atom is -0.497 e. The monoisotopic (exact) mass is 561 g/mol. The largest absolute Gasteiger partial charge is 0.497 e. The third kappa shape index (κ3) is 7.48. The molecule has 0 spiro atoms. The highest BCUT2D eigenvalue weighted by atomic mass is 16.5. The van der Waals surface area contributed by atoms with Crippen LogP contribution >= 0.6 is 0 Å². The summed E-state index contributed by atoms with van der Waals surface area (Å²) in [5.41, 5.74) is 2.86. The van der Waals surface area contributed by atoms with E-state index in [1.165, 1.54) is 43.2 Å². The molecule has 1 amide bonds. The van der Waals surface area contributed by atoms with Gasteiger partial charge in [0.15, 0.2) is 0 Å². The van der Waals surface area contributed by atoms with Crippen molar-refractivity contribution in [2.24, 2.45) is 29.1 Å². The van der Waals surface area contributed by atoms with Crippen molar-refractivity contribution in [1.82, 2.24) is 4.90 Å². The van der Waals surface area contributed by atoms with Crippen LogP contribution in [-0.2, 0) is 16.8 Å². The Labute approximate surface area is 250 Å². The van der Waals surface area contributed by atoms with Crippen molar-refractivity contribution >= 4 is 5.91 Å². The van der Waals surface area contributed by atoms with Crippen LogP contribution in [0.4, 0.5) is 0 Å². The van der Waals surface area contributed by atoms with Gasteiger partial charge < -0.3 is 14.4 Å². The summed E-state index contributed by atoms with van der Waals surface area (Å²) in [6.45, 7) is 13.1. The van der Waals surface area contributed by atoms with E-state index >= 15 is 0 Å². The molecule has 0 heterocycles. The van der Waals surface area contributed by atoms with E-state index in [4.69, 9.17) is 9.47 Å². The van der Waals surface area contributed by atoms with E-state index in [0.29, 0.717) is 30.2 Å². The standard InChI is InChI=1S/C37H55NO3/c1-8-27(2)24-37(32-13-10-14-34(23-32)41-7)21-19-36(5,20-22-37)26-38(25-30-15-17-33(40-6)18-16-30)35(39)29(4)28(3)31-11-9-12-31/h10,13-18,23,27-29,31H,8-9,11-12,19-22,24-26H2,1-7H3/t27?,28?,29?,36-,37+. The molecular weight excluding hydrogens is 506 g/mol. The fourth-order valence-electron chi connectivity index (χ4n) is 7.38. The Morgan fingerprint density at radius 3 is 2.17 bits per heavy atom. The predicted octanol–water partition coefficient (Wildman–Crippen LogP) is 9.06. The Kier molecular flexibility index (Phi) is 10.5. The Hall–Kier alpha value is -2.49. The van der Waals surface area contributed by atoms with Gasteiger partial charge in [-0.15, -0.1) is 0 Å². The van der Waals surface area contributed by atoms with Crippen LogP contribution in [0, 0.1) is 29.1 Å². The minimum atomic E-state index is 0.0482. The number of rotatable bonds is 13. The molecule has 0 aromatic heterocycles. The second kappa shape index (κ2) is 13.7. The fraction of sp³-hybridized carbons (Fsp3) is 0.649. The average Bonchev–Trinajstić information content (AvgIpc) is 2.96. The number of hydrogen-bond donors (Lipinski definition) is 0. The first kappa shape index (κ1) is 31.4. The van der Waals surface area contributed by atoms with Crippen LogP contribution in [0.5, 0.6) is 11.5 Å². The van der Waals surface area contributed by atoms with Crippen molar-refractivity contribution in [3.05, 3.63) is 59.7 Å². The van der Waals surface area contributed by atoms with Gasteiger partial charge in [-0.25, -0.2) is 0 Å². The first-order valence-electron chi connectivity index (χ1n) is 16.2. The van der Waals surface area contributed by atoms with Crippen molar-refractivity contribution in [2.75, 3.05) is 20.8 Å². The molecule has 0 radical (unpaired) electrons. The molecule has 226 valence electrons. The predicted molar refractivity (Wildman–Crippen MR) is 169 cm³/mol. The van der Waals surface area contributed by atoms with Crippen molar-refractivity contribution in [3.8, 4) is 11.5 Å². The summed E-state index contributed by atoms with van der Waals surface area (Å²) in [5, 5.41) is 0. The zero-order valence-corrected chi connectivity index (χ0v) is 26.9. The summed E-state index contributed by atoms with van der Waals surface area (Å²) in [4.78, 5) is 16.4. The van der Waals surface area contributed by atoms with Crippen molar-refractivity contribution < 1.29 is 14.3 Å². The van der Waals surface area contributed by atoms with Gasteiger partial charge in [-0.1, -0.05) is 84.6 Å². The molecule has 0 N–H and O–H groups in total. The van der Waals surface area contributed by atoms with Crippen molar-refractivity contribution in [1.29, 1.82) is 0 Å². The molecule has 2 aromatic rings. The van der Waals surface area contributed by atoms with E-state index in [0.717, 1.165) is 43.7 Å². The number of hydrogen-bond acceptors (Lipinski definition) is 3. The lowest BCUT2D eigenvalue weighted by Gasteiger charge is -2.48. The van der Waals surface area contributed by atoms with Gasteiger partial charge in [0.2, 0.25) is 5.91 Å². The second-order valence-electron chi connectivity index (χ2n) is 13.9. The normalized spacial score (nSPS) is 25.0. The third-order valence-corrected chi connectivity index (χ3v) is 11.0. The summed E-state index contributed by atoms with van der Waals surface area (Å²) in [6, 6.07) is 17.0. The quantitative estimate of drug-likeness (QED) is 0.245. The Balaban J connectivity index is 1.55. The highest BCUT2D eigenvalue weighted by Gasteiger charge is 2.44. The van der Waals surface area contributed by atoms with Crippen LogP contribution in [-0.4, -0.2) is 31.6 Å². The molecule has 2 aromatic carbocycles. The second-order valence-corrected chi connectivity index (χ2v) is 13.9. The van der Waals surface area contributed by atoms with E-state index in [1.54, 1.807) is 14.2 Å². The number of nitrogens with zero attached hydrogens (tertiary/aromatic N) is 1. The SMILES string of the molecule is CCC(C)C[C@]1(c2cccc(OC)c2)CC[C@@](C)(CN(Cc2ccc(OC)cc2)C(=O)C(C)C(C)C2CCC2)CC1. The summed E-state index contributed by atoms with van der Waals surface area (Å²) in [5.74, 6) is 3.99. The number of carbonyl (C=O) groups is 1. The van der Waals surface area contributed by atoms with Crippen LogP contribution in [0.25, 0.3) is 0 Å². The molecule has 2 fully saturated rings. The van der Waals surface area contributed by atoms with Gasteiger partial charge in [0.05, 0.1) is 14.2 Å². The Bertz CT molecular complexity index is 1110. The Morgan fingerprint density at radius 2 is 1.61 bits per heavy atom. The Morgan fingerprint density at radius 1 is 0.951 bits per heavy atom.